The SMILES string of the molecule is COC1(C(NN)c2ccc(F)c(F)c2)CCCCCC1. The maximum Gasteiger partial charge on any atom is 0.159 e. The number of halogens is 2. The molecule has 1 aromatic rings. The highest BCUT2D eigenvalue weighted by Crippen LogP contribution is 2.40. The lowest BCUT2D eigenvalue weighted by Crippen LogP contribution is -2.47. The summed E-state index contributed by atoms with van der Waals surface area (Å²) >= 11 is 0. The maximum absolute atomic E-state index is 13.5. The van der Waals surface area contributed by atoms with Gasteiger partial charge in [-0.05, 0) is 30.5 Å². The average molecular weight is 284 g/mol. The minimum absolute atomic E-state index is 0.347. The topological polar surface area (TPSA) is 47.3 Å². The zero-order valence-corrected chi connectivity index (χ0v) is 11.8. The Balaban J connectivity index is 2.34. The molecule has 5 heteroatoms. The molecular weight excluding hydrogens is 262 g/mol. The van der Waals surface area contributed by atoms with E-state index in [-0.39, 0.29) is 6.04 Å². The number of hydrogen-bond donors (Lipinski definition) is 2. The van der Waals surface area contributed by atoms with Crippen LogP contribution >= 0.6 is 0 Å². The van der Waals surface area contributed by atoms with Crippen LogP contribution in [0.5, 0.6) is 0 Å². The molecule has 0 spiro atoms. The van der Waals surface area contributed by atoms with E-state index in [1.165, 1.54) is 18.9 Å². The van der Waals surface area contributed by atoms with Crippen molar-refractivity contribution in [2.75, 3.05) is 7.11 Å². The molecule has 1 atom stereocenters. The standard InChI is InChI=1S/C15H22F2N2O/c1-20-15(8-4-2-3-5-9-15)14(19-18)11-6-7-12(16)13(17)10-11/h6-7,10,14,19H,2-5,8-9,18H2,1H3. The fourth-order valence-corrected chi connectivity index (χ4v) is 3.18. The molecule has 1 saturated carbocycles. The summed E-state index contributed by atoms with van der Waals surface area (Å²) in [5, 5.41) is 0. The smallest absolute Gasteiger partial charge is 0.159 e. The summed E-state index contributed by atoms with van der Waals surface area (Å²) in [6.07, 6.45) is 6.15. The van der Waals surface area contributed by atoms with Crippen molar-refractivity contribution in [1.29, 1.82) is 0 Å². The molecule has 1 aliphatic carbocycles. The van der Waals surface area contributed by atoms with Gasteiger partial charge in [-0.1, -0.05) is 31.7 Å². The molecule has 1 aliphatic rings. The zero-order valence-electron chi connectivity index (χ0n) is 11.8. The van der Waals surface area contributed by atoms with Gasteiger partial charge >= 0.3 is 0 Å². The third kappa shape index (κ3) is 3.00. The lowest BCUT2D eigenvalue weighted by Gasteiger charge is -2.39. The van der Waals surface area contributed by atoms with Gasteiger partial charge in [0, 0.05) is 7.11 Å². The number of ether oxygens (including phenoxy) is 1. The van der Waals surface area contributed by atoms with E-state index in [1.54, 1.807) is 13.2 Å². The summed E-state index contributed by atoms with van der Waals surface area (Å²) in [5.74, 6) is 3.98. The summed E-state index contributed by atoms with van der Waals surface area (Å²) in [6, 6.07) is 3.55. The molecule has 1 unspecified atom stereocenters. The fraction of sp³-hybridized carbons (Fsp3) is 0.600. The minimum atomic E-state index is -0.859. The van der Waals surface area contributed by atoms with Crippen molar-refractivity contribution in [1.82, 2.24) is 5.43 Å². The van der Waals surface area contributed by atoms with Gasteiger partial charge in [0.25, 0.3) is 0 Å². The Morgan fingerprint density at radius 2 is 1.80 bits per heavy atom. The molecule has 0 aromatic heterocycles. The maximum atomic E-state index is 13.5. The Bertz CT molecular complexity index is 445. The fourth-order valence-electron chi connectivity index (χ4n) is 3.18. The highest BCUT2D eigenvalue weighted by atomic mass is 19.2. The Morgan fingerprint density at radius 1 is 1.15 bits per heavy atom. The molecule has 0 bridgehead atoms. The Labute approximate surface area is 118 Å². The summed E-state index contributed by atoms with van der Waals surface area (Å²) in [5.41, 5.74) is 2.90. The number of rotatable bonds is 4. The number of hydrazine groups is 1. The summed E-state index contributed by atoms with van der Waals surface area (Å²) in [4.78, 5) is 0. The Hall–Kier alpha value is -1.04. The van der Waals surface area contributed by atoms with Crippen LogP contribution in [0.3, 0.4) is 0 Å². The number of hydrogen-bond acceptors (Lipinski definition) is 3. The second-order valence-electron chi connectivity index (χ2n) is 5.46. The highest BCUT2D eigenvalue weighted by molar-refractivity contribution is 5.24. The molecule has 0 radical (unpaired) electrons. The molecule has 1 fully saturated rings. The van der Waals surface area contributed by atoms with Crippen LogP contribution in [0.15, 0.2) is 18.2 Å². The van der Waals surface area contributed by atoms with Gasteiger partial charge < -0.3 is 4.74 Å². The predicted molar refractivity (Wildman–Crippen MR) is 73.9 cm³/mol. The van der Waals surface area contributed by atoms with Crippen molar-refractivity contribution < 1.29 is 13.5 Å². The highest BCUT2D eigenvalue weighted by Gasteiger charge is 2.39. The van der Waals surface area contributed by atoms with Gasteiger partial charge in [-0.15, -0.1) is 0 Å². The van der Waals surface area contributed by atoms with E-state index < -0.39 is 17.2 Å². The van der Waals surface area contributed by atoms with Crippen molar-refractivity contribution in [3.63, 3.8) is 0 Å². The number of methoxy groups -OCH3 is 1. The van der Waals surface area contributed by atoms with Gasteiger partial charge in [-0.25, -0.2) is 8.78 Å². The van der Waals surface area contributed by atoms with E-state index in [1.807, 2.05) is 0 Å². The van der Waals surface area contributed by atoms with E-state index in [4.69, 9.17) is 10.6 Å². The lowest BCUT2D eigenvalue weighted by molar-refractivity contribution is -0.0542. The summed E-state index contributed by atoms with van der Waals surface area (Å²) < 4.78 is 32.3. The second-order valence-corrected chi connectivity index (χ2v) is 5.46. The Morgan fingerprint density at radius 3 is 2.30 bits per heavy atom. The first kappa shape index (κ1) is 15.4. The van der Waals surface area contributed by atoms with Crippen LogP contribution in [0.4, 0.5) is 8.78 Å². The lowest BCUT2D eigenvalue weighted by atomic mass is 9.82. The second kappa shape index (κ2) is 6.61. The summed E-state index contributed by atoms with van der Waals surface area (Å²) in [6.45, 7) is 0. The monoisotopic (exact) mass is 284 g/mol. The number of nitrogens with one attached hydrogen (secondary N) is 1. The van der Waals surface area contributed by atoms with Gasteiger partial charge in [-0.3, -0.25) is 11.3 Å². The molecule has 0 heterocycles. The molecule has 1 aromatic carbocycles. The van der Waals surface area contributed by atoms with Crippen molar-refractivity contribution in [2.45, 2.75) is 50.2 Å². The predicted octanol–water partition coefficient (Wildman–Crippen LogP) is 3.21. The van der Waals surface area contributed by atoms with Crippen LogP contribution < -0.4 is 11.3 Å². The van der Waals surface area contributed by atoms with Crippen LogP contribution in [0.1, 0.15) is 50.1 Å². The van der Waals surface area contributed by atoms with Crippen LogP contribution in [0, 0.1) is 11.6 Å². The van der Waals surface area contributed by atoms with Crippen molar-refractivity contribution in [3.05, 3.63) is 35.4 Å². The first-order chi connectivity index (χ1) is 9.63. The molecule has 3 nitrogen and oxygen atoms in total. The molecule has 2 rings (SSSR count). The quantitative estimate of drug-likeness (QED) is 0.507. The summed E-state index contributed by atoms with van der Waals surface area (Å²) in [7, 11) is 1.66. The third-order valence-corrected chi connectivity index (χ3v) is 4.33. The van der Waals surface area contributed by atoms with Gasteiger partial charge in [0.2, 0.25) is 0 Å². The largest absolute Gasteiger partial charge is 0.376 e. The van der Waals surface area contributed by atoms with Crippen LogP contribution in [-0.4, -0.2) is 12.7 Å². The van der Waals surface area contributed by atoms with E-state index in [0.717, 1.165) is 31.7 Å². The normalized spacial score (nSPS) is 20.4. The number of nitrogens with two attached hydrogens (primary N) is 1. The van der Waals surface area contributed by atoms with Gasteiger partial charge in [0.15, 0.2) is 11.6 Å². The molecule has 112 valence electrons. The molecule has 0 aliphatic heterocycles. The van der Waals surface area contributed by atoms with Crippen LogP contribution in [-0.2, 0) is 4.74 Å². The van der Waals surface area contributed by atoms with Crippen LogP contribution in [0.25, 0.3) is 0 Å². The van der Waals surface area contributed by atoms with E-state index in [9.17, 15) is 8.78 Å². The molecule has 0 amide bonds. The number of benzene rings is 1. The van der Waals surface area contributed by atoms with Gasteiger partial charge in [0.1, 0.15) is 0 Å². The van der Waals surface area contributed by atoms with E-state index in [2.05, 4.69) is 5.43 Å². The van der Waals surface area contributed by atoms with Crippen LogP contribution in [0.2, 0.25) is 0 Å². The average Bonchev–Trinajstić information content (AvgIpc) is 2.70. The van der Waals surface area contributed by atoms with Gasteiger partial charge in [0.05, 0.1) is 11.6 Å². The molecule has 20 heavy (non-hydrogen) atoms. The molecule has 0 saturated heterocycles. The van der Waals surface area contributed by atoms with E-state index >= 15 is 0 Å². The minimum Gasteiger partial charge on any atom is -0.376 e. The zero-order chi connectivity index (χ0) is 14.6. The van der Waals surface area contributed by atoms with Crippen molar-refractivity contribution in [2.24, 2.45) is 5.84 Å². The van der Waals surface area contributed by atoms with Gasteiger partial charge in [-0.2, -0.15) is 0 Å². The van der Waals surface area contributed by atoms with Crippen molar-refractivity contribution >= 4 is 0 Å². The first-order valence-electron chi connectivity index (χ1n) is 7.09. The van der Waals surface area contributed by atoms with Crippen molar-refractivity contribution in [3.8, 4) is 0 Å². The third-order valence-electron chi connectivity index (χ3n) is 4.33. The molecule has 3 N–H and O–H groups in total. The Kier molecular flexibility index (Phi) is 5.07. The molecular formula is C15H22F2N2O. The van der Waals surface area contributed by atoms with E-state index in [0.29, 0.717) is 5.56 Å². The first-order valence-corrected chi connectivity index (χ1v) is 7.09.